The maximum absolute atomic E-state index is 12.6. The molecular formula is C22H25N5O3. The number of nitrogens with zero attached hydrogens (tertiary/aromatic N) is 4. The van der Waals surface area contributed by atoms with Crippen LogP contribution in [-0.4, -0.2) is 34.0 Å². The Morgan fingerprint density at radius 3 is 2.47 bits per heavy atom. The van der Waals surface area contributed by atoms with Crippen LogP contribution in [0.2, 0.25) is 0 Å². The van der Waals surface area contributed by atoms with E-state index in [4.69, 9.17) is 14.5 Å². The van der Waals surface area contributed by atoms with Gasteiger partial charge in [0.15, 0.2) is 0 Å². The first-order valence-electron chi connectivity index (χ1n) is 10.7. The fourth-order valence-electron chi connectivity index (χ4n) is 4.63. The van der Waals surface area contributed by atoms with Gasteiger partial charge < -0.3 is 14.8 Å². The molecule has 0 unspecified atom stereocenters. The second kappa shape index (κ2) is 8.17. The summed E-state index contributed by atoms with van der Waals surface area (Å²) in [6.07, 6.45) is 5.11. The Kier molecular flexibility index (Phi) is 5.23. The Morgan fingerprint density at radius 1 is 1.03 bits per heavy atom. The lowest BCUT2D eigenvalue weighted by Gasteiger charge is -2.31. The molecule has 8 nitrogen and oxygen atoms in total. The van der Waals surface area contributed by atoms with Gasteiger partial charge in [0.25, 0.3) is 5.56 Å². The number of pyridine rings is 1. The molecule has 0 saturated heterocycles. The average molecular weight is 407 g/mol. The van der Waals surface area contributed by atoms with Gasteiger partial charge in [-0.1, -0.05) is 0 Å². The molecule has 5 rings (SSSR count). The van der Waals surface area contributed by atoms with E-state index < -0.39 is 0 Å². The van der Waals surface area contributed by atoms with Gasteiger partial charge in [0.05, 0.1) is 49.4 Å². The Hall–Kier alpha value is -2.76. The molecule has 30 heavy (non-hydrogen) atoms. The zero-order chi connectivity index (χ0) is 20.5. The van der Waals surface area contributed by atoms with Crippen LogP contribution in [0.5, 0.6) is 0 Å². The van der Waals surface area contributed by atoms with Gasteiger partial charge in [-0.05, 0) is 31.7 Å². The number of aromatic nitrogens is 3. The van der Waals surface area contributed by atoms with Gasteiger partial charge in [-0.3, -0.25) is 4.79 Å². The first-order chi connectivity index (χ1) is 14.7. The highest BCUT2D eigenvalue weighted by atomic mass is 16.5. The standard InChI is InChI=1S/C22H25N5O3/c23-11-14-9-15-12-29-7-5-19(15)25-22(14)24-17-1-3-18(4-2-17)27-21(28)10-16-13-30-8-6-20(16)26-27/h9-10,17-18H,1-8,12-13H2,(H,24,25). The molecule has 1 fully saturated rings. The number of hydrogen-bond donors (Lipinski definition) is 1. The van der Waals surface area contributed by atoms with Crippen molar-refractivity contribution in [3.8, 4) is 6.07 Å². The predicted octanol–water partition coefficient (Wildman–Crippen LogP) is 2.25. The van der Waals surface area contributed by atoms with E-state index in [1.807, 2.05) is 6.07 Å². The molecule has 2 aromatic heterocycles. The molecule has 8 heteroatoms. The lowest BCUT2D eigenvalue weighted by atomic mass is 9.91. The zero-order valence-electron chi connectivity index (χ0n) is 16.9. The van der Waals surface area contributed by atoms with Crippen molar-refractivity contribution < 1.29 is 9.47 Å². The van der Waals surface area contributed by atoms with Crippen LogP contribution >= 0.6 is 0 Å². The fourth-order valence-corrected chi connectivity index (χ4v) is 4.63. The first kappa shape index (κ1) is 19.2. The van der Waals surface area contributed by atoms with E-state index in [0.717, 1.165) is 61.0 Å². The molecular weight excluding hydrogens is 382 g/mol. The maximum Gasteiger partial charge on any atom is 0.267 e. The number of hydrogen-bond acceptors (Lipinski definition) is 7. The van der Waals surface area contributed by atoms with Crippen molar-refractivity contribution in [2.75, 3.05) is 18.5 Å². The van der Waals surface area contributed by atoms with Gasteiger partial charge in [-0.2, -0.15) is 10.4 Å². The van der Waals surface area contributed by atoms with Gasteiger partial charge in [-0.15, -0.1) is 0 Å². The Bertz CT molecular complexity index is 1050. The van der Waals surface area contributed by atoms with E-state index in [1.165, 1.54) is 0 Å². The van der Waals surface area contributed by atoms with Crippen molar-refractivity contribution in [1.29, 1.82) is 5.26 Å². The van der Waals surface area contributed by atoms with E-state index in [-0.39, 0.29) is 17.6 Å². The molecule has 0 atom stereocenters. The Balaban J connectivity index is 1.28. The van der Waals surface area contributed by atoms with Gasteiger partial charge in [-0.25, -0.2) is 9.67 Å². The van der Waals surface area contributed by atoms with Gasteiger partial charge >= 0.3 is 0 Å². The van der Waals surface area contributed by atoms with Crippen LogP contribution in [0.1, 0.15) is 59.8 Å². The van der Waals surface area contributed by atoms with E-state index >= 15 is 0 Å². The van der Waals surface area contributed by atoms with Crippen LogP contribution in [0.3, 0.4) is 0 Å². The summed E-state index contributed by atoms with van der Waals surface area (Å²) in [6, 6.07) is 6.20. The third-order valence-corrected chi connectivity index (χ3v) is 6.30. The highest BCUT2D eigenvalue weighted by Gasteiger charge is 2.26. The predicted molar refractivity (Wildman–Crippen MR) is 109 cm³/mol. The highest BCUT2D eigenvalue weighted by molar-refractivity contribution is 5.55. The second-order valence-corrected chi connectivity index (χ2v) is 8.26. The number of nitrogens with one attached hydrogen (secondary N) is 1. The minimum Gasteiger partial charge on any atom is -0.376 e. The van der Waals surface area contributed by atoms with Crippen molar-refractivity contribution in [1.82, 2.24) is 14.8 Å². The normalized spacial score (nSPS) is 23.2. The zero-order valence-corrected chi connectivity index (χ0v) is 16.9. The molecule has 0 bridgehead atoms. The number of nitriles is 1. The van der Waals surface area contributed by atoms with E-state index in [0.29, 0.717) is 37.8 Å². The van der Waals surface area contributed by atoms with Crippen molar-refractivity contribution in [2.45, 2.75) is 63.8 Å². The molecule has 3 aliphatic rings. The number of anilines is 1. The molecule has 0 radical (unpaired) electrons. The molecule has 4 heterocycles. The summed E-state index contributed by atoms with van der Waals surface area (Å²) in [6.45, 7) is 2.34. The summed E-state index contributed by atoms with van der Waals surface area (Å²) in [5.74, 6) is 0.672. The van der Waals surface area contributed by atoms with Crippen LogP contribution in [-0.2, 0) is 35.5 Å². The quantitative estimate of drug-likeness (QED) is 0.832. The highest BCUT2D eigenvalue weighted by Crippen LogP contribution is 2.30. The summed E-state index contributed by atoms with van der Waals surface area (Å²) in [7, 11) is 0. The van der Waals surface area contributed by atoms with Gasteiger partial charge in [0, 0.05) is 36.1 Å². The van der Waals surface area contributed by atoms with Crippen molar-refractivity contribution in [3.63, 3.8) is 0 Å². The van der Waals surface area contributed by atoms with E-state index in [2.05, 4.69) is 16.5 Å². The van der Waals surface area contributed by atoms with Crippen LogP contribution in [0.15, 0.2) is 16.9 Å². The summed E-state index contributed by atoms with van der Waals surface area (Å²) in [5.41, 5.74) is 4.46. The largest absolute Gasteiger partial charge is 0.376 e. The number of fused-ring (bicyclic) bond motifs is 2. The van der Waals surface area contributed by atoms with Gasteiger partial charge in [0.1, 0.15) is 11.9 Å². The summed E-state index contributed by atoms with van der Waals surface area (Å²) in [4.78, 5) is 17.3. The molecule has 2 aromatic rings. The van der Waals surface area contributed by atoms with Crippen molar-refractivity contribution in [3.05, 3.63) is 50.6 Å². The van der Waals surface area contributed by atoms with Crippen LogP contribution in [0.4, 0.5) is 5.82 Å². The minimum atomic E-state index is -0.0407. The van der Waals surface area contributed by atoms with Crippen LogP contribution < -0.4 is 10.9 Å². The summed E-state index contributed by atoms with van der Waals surface area (Å²) in [5, 5.41) is 17.7. The topological polar surface area (TPSA) is 102 Å². The molecule has 2 aliphatic heterocycles. The minimum absolute atomic E-state index is 0.0407. The number of rotatable bonds is 3. The van der Waals surface area contributed by atoms with Crippen LogP contribution in [0, 0.1) is 11.3 Å². The summed E-state index contributed by atoms with van der Waals surface area (Å²) >= 11 is 0. The molecule has 0 spiro atoms. The van der Waals surface area contributed by atoms with Crippen molar-refractivity contribution in [2.24, 2.45) is 0 Å². The second-order valence-electron chi connectivity index (χ2n) is 8.26. The lowest BCUT2D eigenvalue weighted by Crippen LogP contribution is -2.35. The monoisotopic (exact) mass is 407 g/mol. The molecule has 1 N–H and O–H groups in total. The smallest absolute Gasteiger partial charge is 0.267 e. The maximum atomic E-state index is 12.6. The Labute approximate surface area is 174 Å². The molecule has 156 valence electrons. The molecule has 0 aromatic carbocycles. The van der Waals surface area contributed by atoms with Crippen molar-refractivity contribution >= 4 is 5.82 Å². The van der Waals surface area contributed by atoms with Crippen LogP contribution in [0.25, 0.3) is 0 Å². The SMILES string of the molecule is N#Cc1cc2c(nc1NC1CCC(n3nc4c(cc3=O)COCC4)CC1)CCOC2. The summed E-state index contributed by atoms with van der Waals surface area (Å²) < 4.78 is 12.6. The van der Waals surface area contributed by atoms with E-state index in [1.54, 1.807) is 10.7 Å². The molecule has 1 aliphatic carbocycles. The third-order valence-electron chi connectivity index (χ3n) is 6.30. The fraction of sp³-hybridized carbons (Fsp3) is 0.545. The third kappa shape index (κ3) is 3.71. The average Bonchev–Trinajstić information content (AvgIpc) is 2.79. The van der Waals surface area contributed by atoms with Gasteiger partial charge in [0.2, 0.25) is 0 Å². The lowest BCUT2D eigenvalue weighted by molar-refractivity contribution is 0.107. The molecule has 0 amide bonds. The first-order valence-corrected chi connectivity index (χ1v) is 10.7. The number of ether oxygens (including phenoxy) is 2. The Morgan fingerprint density at radius 2 is 1.73 bits per heavy atom. The molecule has 1 saturated carbocycles. The van der Waals surface area contributed by atoms with E-state index in [9.17, 15) is 10.1 Å².